The summed E-state index contributed by atoms with van der Waals surface area (Å²) in [5, 5.41) is 7.20. The molecular weight excluding hydrogens is 346 g/mol. The van der Waals surface area contributed by atoms with Gasteiger partial charge < -0.3 is 19.5 Å². The molecule has 7 nitrogen and oxygen atoms in total. The number of amides is 1. The van der Waals surface area contributed by atoms with E-state index in [2.05, 4.69) is 10.4 Å². The first kappa shape index (κ1) is 19.2. The van der Waals surface area contributed by atoms with Gasteiger partial charge in [0.05, 0.1) is 37.7 Å². The van der Waals surface area contributed by atoms with E-state index >= 15 is 0 Å². The van der Waals surface area contributed by atoms with Crippen molar-refractivity contribution in [3.63, 3.8) is 0 Å². The summed E-state index contributed by atoms with van der Waals surface area (Å²) < 4.78 is 18.7. The molecule has 1 N–H and O–H groups in total. The van der Waals surface area contributed by atoms with E-state index in [1.165, 1.54) is 6.42 Å². The van der Waals surface area contributed by atoms with Crippen molar-refractivity contribution in [1.82, 2.24) is 9.78 Å². The zero-order valence-corrected chi connectivity index (χ0v) is 15.9. The third-order valence-electron chi connectivity index (χ3n) is 4.36. The lowest BCUT2D eigenvalue weighted by Gasteiger charge is -2.22. The van der Waals surface area contributed by atoms with Crippen LogP contribution in [0.3, 0.4) is 0 Å². The van der Waals surface area contributed by atoms with Crippen LogP contribution < -0.4 is 14.8 Å². The Morgan fingerprint density at radius 1 is 1.26 bits per heavy atom. The Hall–Kier alpha value is -2.54. The lowest BCUT2D eigenvalue weighted by molar-refractivity contribution is 0.00400. The van der Waals surface area contributed by atoms with Gasteiger partial charge in [-0.25, -0.2) is 0 Å². The van der Waals surface area contributed by atoms with Crippen molar-refractivity contribution in [2.75, 3.05) is 25.1 Å². The lowest BCUT2D eigenvalue weighted by atomic mass is 10.1. The number of hydrogen-bond acceptors (Lipinski definition) is 5. The van der Waals surface area contributed by atoms with Crippen molar-refractivity contribution in [3.05, 3.63) is 36.2 Å². The lowest BCUT2D eigenvalue weighted by Crippen LogP contribution is -2.24. The Labute approximate surface area is 159 Å². The van der Waals surface area contributed by atoms with E-state index in [9.17, 15) is 4.79 Å². The van der Waals surface area contributed by atoms with Crippen LogP contribution in [0.4, 0.5) is 5.69 Å². The molecule has 1 unspecified atom stereocenters. The smallest absolute Gasteiger partial charge is 0.255 e. The van der Waals surface area contributed by atoms with Gasteiger partial charge in [-0.2, -0.15) is 5.10 Å². The normalized spacial score (nSPS) is 16.7. The van der Waals surface area contributed by atoms with E-state index < -0.39 is 0 Å². The third kappa shape index (κ3) is 5.23. The first-order valence-corrected chi connectivity index (χ1v) is 9.54. The maximum Gasteiger partial charge on any atom is 0.255 e. The summed E-state index contributed by atoms with van der Waals surface area (Å²) in [4.78, 5) is 12.6. The molecule has 7 heteroatoms. The first-order chi connectivity index (χ1) is 13.2. The van der Waals surface area contributed by atoms with Crippen LogP contribution in [0.5, 0.6) is 11.5 Å². The highest BCUT2D eigenvalue weighted by Gasteiger charge is 2.16. The Morgan fingerprint density at radius 3 is 2.81 bits per heavy atom. The van der Waals surface area contributed by atoms with E-state index in [1.54, 1.807) is 24.4 Å². The van der Waals surface area contributed by atoms with Crippen LogP contribution in [0.2, 0.25) is 0 Å². The summed E-state index contributed by atoms with van der Waals surface area (Å²) in [5.74, 6) is 0.987. The van der Waals surface area contributed by atoms with Crippen LogP contribution in [-0.4, -0.2) is 41.6 Å². The molecule has 27 heavy (non-hydrogen) atoms. The minimum absolute atomic E-state index is 0.196. The Balaban J connectivity index is 1.63. The van der Waals surface area contributed by atoms with Crippen molar-refractivity contribution in [2.45, 2.75) is 45.8 Å². The summed E-state index contributed by atoms with van der Waals surface area (Å²) in [7, 11) is 0. The second kappa shape index (κ2) is 9.41. The van der Waals surface area contributed by atoms with Gasteiger partial charge in [0.25, 0.3) is 5.91 Å². The molecular formula is C20H27N3O4. The van der Waals surface area contributed by atoms with E-state index in [0.717, 1.165) is 19.4 Å². The number of aromatic nitrogens is 2. The van der Waals surface area contributed by atoms with E-state index in [1.807, 2.05) is 24.7 Å². The van der Waals surface area contributed by atoms with Crippen LogP contribution in [-0.2, 0) is 11.3 Å². The molecule has 0 radical (unpaired) electrons. The molecule has 0 aliphatic carbocycles. The number of nitrogens with zero attached hydrogens (tertiary/aromatic N) is 2. The molecule has 1 fully saturated rings. The molecule has 2 heterocycles. The standard InChI is InChI=1S/C20H27N3O4/c1-3-25-18-9-8-15(11-19(18)26-4-2)20(24)22-16-12-21-23(13-16)14-17-7-5-6-10-27-17/h8-9,11-13,17H,3-7,10,14H2,1-2H3,(H,22,24). The number of anilines is 1. The highest BCUT2D eigenvalue weighted by atomic mass is 16.5. The molecule has 0 spiro atoms. The van der Waals surface area contributed by atoms with Crippen LogP contribution in [0.1, 0.15) is 43.5 Å². The van der Waals surface area contributed by atoms with E-state index in [0.29, 0.717) is 42.5 Å². The Bertz CT molecular complexity index is 753. The van der Waals surface area contributed by atoms with Gasteiger partial charge in [-0.1, -0.05) is 0 Å². The van der Waals surface area contributed by atoms with Crippen LogP contribution in [0, 0.1) is 0 Å². The zero-order chi connectivity index (χ0) is 19.1. The highest BCUT2D eigenvalue weighted by Crippen LogP contribution is 2.29. The maximum atomic E-state index is 12.6. The molecule has 1 amide bonds. The topological polar surface area (TPSA) is 74.6 Å². The summed E-state index contributed by atoms with van der Waals surface area (Å²) in [6, 6.07) is 5.18. The number of carbonyl (C=O) groups is 1. The van der Waals surface area contributed by atoms with E-state index in [4.69, 9.17) is 14.2 Å². The minimum atomic E-state index is -0.215. The van der Waals surface area contributed by atoms with Gasteiger partial charge in [0.2, 0.25) is 0 Å². The number of hydrogen-bond donors (Lipinski definition) is 1. The second-order valence-electron chi connectivity index (χ2n) is 6.42. The van der Waals surface area contributed by atoms with Gasteiger partial charge in [-0.3, -0.25) is 9.48 Å². The zero-order valence-electron chi connectivity index (χ0n) is 15.9. The molecule has 0 saturated carbocycles. The monoisotopic (exact) mass is 373 g/mol. The van der Waals surface area contributed by atoms with Crippen molar-refractivity contribution < 1.29 is 19.0 Å². The van der Waals surface area contributed by atoms with Crippen molar-refractivity contribution in [1.29, 1.82) is 0 Å². The van der Waals surface area contributed by atoms with Gasteiger partial charge in [-0.05, 0) is 51.3 Å². The number of benzene rings is 1. The molecule has 1 atom stereocenters. The fourth-order valence-corrected chi connectivity index (χ4v) is 3.08. The first-order valence-electron chi connectivity index (χ1n) is 9.54. The quantitative estimate of drug-likeness (QED) is 0.766. The second-order valence-corrected chi connectivity index (χ2v) is 6.42. The maximum absolute atomic E-state index is 12.6. The molecule has 1 saturated heterocycles. The average molecular weight is 373 g/mol. The Kier molecular flexibility index (Phi) is 6.70. The fraction of sp³-hybridized carbons (Fsp3) is 0.500. The highest BCUT2D eigenvalue weighted by molar-refractivity contribution is 6.04. The van der Waals surface area contributed by atoms with Crippen molar-refractivity contribution in [3.8, 4) is 11.5 Å². The van der Waals surface area contributed by atoms with Crippen LogP contribution in [0.15, 0.2) is 30.6 Å². The van der Waals surface area contributed by atoms with Crippen molar-refractivity contribution >= 4 is 11.6 Å². The molecule has 1 aromatic heterocycles. The van der Waals surface area contributed by atoms with Gasteiger partial charge in [0.1, 0.15) is 0 Å². The predicted octanol–water partition coefficient (Wildman–Crippen LogP) is 3.50. The van der Waals surface area contributed by atoms with Crippen LogP contribution in [0.25, 0.3) is 0 Å². The molecule has 3 rings (SSSR count). The van der Waals surface area contributed by atoms with E-state index in [-0.39, 0.29) is 12.0 Å². The average Bonchev–Trinajstić information content (AvgIpc) is 3.11. The summed E-state index contributed by atoms with van der Waals surface area (Å²) in [6.45, 7) is 6.36. The third-order valence-corrected chi connectivity index (χ3v) is 4.36. The molecule has 146 valence electrons. The SMILES string of the molecule is CCOc1ccc(C(=O)Nc2cnn(CC3CCCCO3)c2)cc1OCC. The van der Waals surface area contributed by atoms with Gasteiger partial charge in [0, 0.05) is 18.4 Å². The molecule has 1 aromatic carbocycles. The molecule has 1 aliphatic heterocycles. The molecule has 1 aliphatic rings. The number of ether oxygens (including phenoxy) is 3. The minimum Gasteiger partial charge on any atom is -0.490 e. The summed E-state index contributed by atoms with van der Waals surface area (Å²) in [6.07, 6.45) is 7.04. The largest absolute Gasteiger partial charge is 0.490 e. The van der Waals surface area contributed by atoms with Gasteiger partial charge in [-0.15, -0.1) is 0 Å². The molecule has 2 aromatic rings. The molecule has 0 bridgehead atoms. The van der Waals surface area contributed by atoms with Crippen LogP contribution >= 0.6 is 0 Å². The summed E-state index contributed by atoms with van der Waals surface area (Å²) >= 11 is 0. The van der Waals surface area contributed by atoms with Crippen molar-refractivity contribution in [2.24, 2.45) is 0 Å². The number of nitrogens with one attached hydrogen (secondary N) is 1. The number of carbonyl (C=O) groups excluding carboxylic acids is 1. The van der Waals surface area contributed by atoms with Gasteiger partial charge in [0.15, 0.2) is 11.5 Å². The fourth-order valence-electron chi connectivity index (χ4n) is 3.08. The number of rotatable bonds is 8. The summed E-state index contributed by atoms with van der Waals surface area (Å²) in [5.41, 5.74) is 1.16. The van der Waals surface area contributed by atoms with Gasteiger partial charge >= 0.3 is 0 Å². The predicted molar refractivity (Wildman–Crippen MR) is 103 cm³/mol. The Morgan fingerprint density at radius 2 is 2.07 bits per heavy atom.